The van der Waals surface area contributed by atoms with Crippen molar-refractivity contribution in [2.75, 3.05) is 6.61 Å². The summed E-state index contributed by atoms with van der Waals surface area (Å²) in [5.74, 6) is -0.260. The van der Waals surface area contributed by atoms with Gasteiger partial charge in [0.1, 0.15) is 12.3 Å². The summed E-state index contributed by atoms with van der Waals surface area (Å²) < 4.78 is 14.0. The average Bonchev–Trinajstić information content (AvgIpc) is 3.45. The maximum atomic E-state index is 12.3. The SMILES string of the molecule is CCOC(=O)Cc1cc(C2CC2)cn2cc(Cn3cc(C(=O)OCc4ccccc4)nn3)nc12. The Bertz CT molecular complexity index is 1320. The van der Waals surface area contributed by atoms with E-state index in [4.69, 9.17) is 14.5 Å². The lowest BCUT2D eigenvalue weighted by Crippen LogP contribution is -2.09. The first kappa shape index (κ1) is 21.8. The van der Waals surface area contributed by atoms with Crippen LogP contribution in [0.4, 0.5) is 0 Å². The van der Waals surface area contributed by atoms with Gasteiger partial charge in [0.05, 0.1) is 31.5 Å². The maximum absolute atomic E-state index is 12.3. The fourth-order valence-corrected chi connectivity index (χ4v) is 3.89. The van der Waals surface area contributed by atoms with Crippen LogP contribution in [0.2, 0.25) is 0 Å². The van der Waals surface area contributed by atoms with Crippen LogP contribution in [0.1, 0.15) is 58.6 Å². The molecule has 0 spiro atoms. The van der Waals surface area contributed by atoms with Crippen molar-refractivity contribution in [1.29, 1.82) is 0 Å². The third-order valence-electron chi connectivity index (χ3n) is 5.67. The molecule has 1 fully saturated rings. The van der Waals surface area contributed by atoms with Crippen LogP contribution in [0.25, 0.3) is 5.65 Å². The molecular formula is C25H25N5O4. The Kier molecular flexibility index (Phi) is 6.07. The molecule has 3 aromatic heterocycles. The lowest BCUT2D eigenvalue weighted by Gasteiger charge is -2.07. The molecule has 0 amide bonds. The van der Waals surface area contributed by atoms with E-state index in [9.17, 15) is 9.59 Å². The van der Waals surface area contributed by atoms with Gasteiger partial charge < -0.3 is 13.9 Å². The second kappa shape index (κ2) is 9.46. The van der Waals surface area contributed by atoms with E-state index in [1.165, 1.54) is 5.56 Å². The Morgan fingerprint density at radius 1 is 1.09 bits per heavy atom. The van der Waals surface area contributed by atoms with Gasteiger partial charge in [0.25, 0.3) is 0 Å². The van der Waals surface area contributed by atoms with Crippen LogP contribution in [0.15, 0.2) is 55.0 Å². The first-order chi connectivity index (χ1) is 16.6. The van der Waals surface area contributed by atoms with E-state index < -0.39 is 5.97 Å². The Hall–Kier alpha value is -4.01. The minimum absolute atomic E-state index is 0.138. The number of imidazole rings is 1. The number of pyridine rings is 1. The molecule has 0 bridgehead atoms. The number of carbonyl (C=O) groups is 2. The van der Waals surface area contributed by atoms with Crippen LogP contribution in [-0.4, -0.2) is 42.9 Å². The summed E-state index contributed by atoms with van der Waals surface area (Å²) in [6.45, 7) is 2.65. The molecule has 174 valence electrons. The van der Waals surface area contributed by atoms with Crippen molar-refractivity contribution in [3.05, 3.63) is 83.1 Å². The molecule has 34 heavy (non-hydrogen) atoms. The highest BCUT2D eigenvalue weighted by atomic mass is 16.5. The van der Waals surface area contributed by atoms with Gasteiger partial charge in [0.15, 0.2) is 5.69 Å². The molecule has 9 nitrogen and oxygen atoms in total. The Morgan fingerprint density at radius 3 is 2.68 bits per heavy atom. The number of carbonyl (C=O) groups excluding carboxylic acids is 2. The molecular weight excluding hydrogens is 434 g/mol. The van der Waals surface area contributed by atoms with E-state index >= 15 is 0 Å². The van der Waals surface area contributed by atoms with Crippen molar-refractivity contribution >= 4 is 17.6 Å². The van der Waals surface area contributed by atoms with E-state index in [-0.39, 0.29) is 24.7 Å². The highest BCUT2D eigenvalue weighted by Gasteiger charge is 2.25. The quantitative estimate of drug-likeness (QED) is 0.354. The summed E-state index contributed by atoms with van der Waals surface area (Å²) in [5, 5.41) is 8.00. The second-order valence-corrected chi connectivity index (χ2v) is 8.38. The summed E-state index contributed by atoms with van der Waals surface area (Å²) in [5.41, 5.74) is 4.55. The fourth-order valence-electron chi connectivity index (χ4n) is 3.89. The van der Waals surface area contributed by atoms with Crippen LogP contribution in [0.5, 0.6) is 0 Å². The predicted octanol–water partition coefficient (Wildman–Crippen LogP) is 3.31. The Morgan fingerprint density at radius 2 is 1.91 bits per heavy atom. The van der Waals surface area contributed by atoms with Crippen molar-refractivity contribution in [1.82, 2.24) is 24.4 Å². The van der Waals surface area contributed by atoms with Crippen molar-refractivity contribution in [3.8, 4) is 0 Å². The van der Waals surface area contributed by atoms with Gasteiger partial charge in [-0.1, -0.05) is 35.5 Å². The van der Waals surface area contributed by atoms with Gasteiger partial charge >= 0.3 is 11.9 Å². The van der Waals surface area contributed by atoms with Crippen LogP contribution >= 0.6 is 0 Å². The van der Waals surface area contributed by atoms with Gasteiger partial charge in [-0.05, 0) is 42.9 Å². The predicted molar refractivity (Wildman–Crippen MR) is 122 cm³/mol. The minimum atomic E-state index is -0.532. The molecule has 1 aliphatic rings. The number of hydrogen-bond donors (Lipinski definition) is 0. The normalized spacial score (nSPS) is 13.2. The molecule has 0 saturated heterocycles. The number of hydrogen-bond acceptors (Lipinski definition) is 7. The van der Waals surface area contributed by atoms with Gasteiger partial charge in [-0.15, -0.1) is 5.10 Å². The minimum Gasteiger partial charge on any atom is -0.466 e. The molecule has 0 N–H and O–H groups in total. The summed E-state index contributed by atoms with van der Waals surface area (Å²) >= 11 is 0. The van der Waals surface area contributed by atoms with E-state index in [0.29, 0.717) is 19.1 Å². The van der Waals surface area contributed by atoms with Crippen LogP contribution in [0, 0.1) is 0 Å². The summed E-state index contributed by atoms with van der Waals surface area (Å²) in [4.78, 5) is 29.2. The number of nitrogens with zero attached hydrogens (tertiary/aromatic N) is 5. The van der Waals surface area contributed by atoms with E-state index in [0.717, 1.165) is 35.3 Å². The largest absolute Gasteiger partial charge is 0.466 e. The molecule has 1 saturated carbocycles. The van der Waals surface area contributed by atoms with Crippen molar-refractivity contribution < 1.29 is 19.1 Å². The molecule has 0 radical (unpaired) electrons. The molecule has 0 unspecified atom stereocenters. The average molecular weight is 460 g/mol. The third-order valence-corrected chi connectivity index (χ3v) is 5.67. The number of ether oxygens (including phenoxy) is 2. The van der Waals surface area contributed by atoms with Crippen molar-refractivity contribution in [3.63, 3.8) is 0 Å². The van der Waals surface area contributed by atoms with Crippen LogP contribution in [0.3, 0.4) is 0 Å². The van der Waals surface area contributed by atoms with Gasteiger partial charge in [-0.2, -0.15) is 0 Å². The third kappa shape index (κ3) is 4.98. The Balaban J connectivity index is 1.31. The molecule has 3 heterocycles. The standard InChI is InChI=1S/C25H25N5O4/c1-2-33-23(31)11-19-10-20(18-8-9-18)12-29-13-21(26-24(19)29)14-30-15-22(27-28-30)25(32)34-16-17-6-4-3-5-7-17/h3-7,10,12-13,15,18H,2,8-9,11,14,16H2,1H3. The zero-order valence-corrected chi connectivity index (χ0v) is 18.9. The topological polar surface area (TPSA) is 101 Å². The zero-order valence-electron chi connectivity index (χ0n) is 18.9. The highest BCUT2D eigenvalue weighted by Crippen LogP contribution is 2.40. The zero-order chi connectivity index (χ0) is 23.5. The molecule has 0 atom stereocenters. The fraction of sp³-hybridized carbons (Fsp3) is 0.320. The summed E-state index contributed by atoms with van der Waals surface area (Å²) in [6, 6.07) is 11.5. The monoisotopic (exact) mass is 459 g/mol. The van der Waals surface area contributed by atoms with Gasteiger partial charge in [0, 0.05) is 18.0 Å². The van der Waals surface area contributed by atoms with Gasteiger partial charge in [-0.3, -0.25) is 4.79 Å². The van der Waals surface area contributed by atoms with E-state index in [1.54, 1.807) is 17.8 Å². The number of benzene rings is 1. The maximum Gasteiger partial charge on any atom is 0.360 e. The number of rotatable bonds is 9. The summed E-state index contributed by atoms with van der Waals surface area (Å²) in [6.07, 6.45) is 8.04. The molecule has 9 heteroatoms. The number of aromatic nitrogens is 5. The van der Waals surface area contributed by atoms with Crippen LogP contribution < -0.4 is 0 Å². The smallest absolute Gasteiger partial charge is 0.360 e. The van der Waals surface area contributed by atoms with E-state index in [2.05, 4.69) is 22.6 Å². The lowest BCUT2D eigenvalue weighted by molar-refractivity contribution is -0.142. The number of esters is 2. The molecule has 1 aromatic carbocycles. The molecule has 5 rings (SSSR count). The highest BCUT2D eigenvalue weighted by molar-refractivity contribution is 5.86. The second-order valence-electron chi connectivity index (χ2n) is 8.38. The van der Waals surface area contributed by atoms with Crippen LogP contribution in [-0.2, 0) is 33.8 Å². The number of fused-ring (bicyclic) bond motifs is 1. The van der Waals surface area contributed by atoms with E-state index in [1.807, 2.05) is 40.9 Å². The van der Waals surface area contributed by atoms with Crippen molar-refractivity contribution in [2.45, 2.75) is 45.3 Å². The molecule has 0 aliphatic heterocycles. The first-order valence-electron chi connectivity index (χ1n) is 11.4. The lowest BCUT2D eigenvalue weighted by atomic mass is 10.1. The van der Waals surface area contributed by atoms with Gasteiger partial charge in [0.2, 0.25) is 0 Å². The van der Waals surface area contributed by atoms with Crippen molar-refractivity contribution in [2.24, 2.45) is 0 Å². The molecule has 4 aromatic rings. The Labute approximate surface area is 196 Å². The van der Waals surface area contributed by atoms with Gasteiger partial charge in [-0.25, -0.2) is 14.5 Å². The molecule has 1 aliphatic carbocycles. The first-order valence-corrected chi connectivity index (χ1v) is 11.4. The summed E-state index contributed by atoms with van der Waals surface area (Å²) in [7, 11) is 0.